The van der Waals surface area contributed by atoms with Crippen LogP contribution >= 0.6 is 0 Å². The minimum absolute atomic E-state index is 0.111. The predicted molar refractivity (Wildman–Crippen MR) is 116 cm³/mol. The van der Waals surface area contributed by atoms with Gasteiger partial charge in [-0.1, -0.05) is 77.6 Å². The Hall–Kier alpha value is -1.59. The lowest BCUT2D eigenvalue weighted by atomic mass is 10.0. The molecule has 0 rings (SSSR count). The van der Waals surface area contributed by atoms with Crippen LogP contribution in [0.4, 0.5) is 0 Å². The summed E-state index contributed by atoms with van der Waals surface area (Å²) < 4.78 is 0. The molecule has 1 amide bonds. The molecule has 0 aromatic carbocycles. The zero-order chi connectivity index (χ0) is 21.7. The molecule has 29 heavy (non-hydrogen) atoms. The van der Waals surface area contributed by atoms with Gasteiger partial charge in [0.15, 0.2) is 0 Å². The lowest BCUT2D eigenvalue weighted by Gasteiger charge is -2.07. The van der Waals surface area contributed by atoms with Crippen LogP contribution in [0.15, 0.2) is 0 Å². The van der Waals surface area contributed by atoms with Gasteiger partial charge in [-0.25, -0.2) is 0 Å². The molecule has 6 heteroatoms. The highest BCUT2D eigenvalue weighted by Gasteiger charge is 2.09. The molecule has 0 bridgehead atoms. The Kier molecular flexibility index (Phi) is 18.6. The number of rotatable bonds is 21. The Balaban J connectivity index is 3.23. The Labute approximate surface area is 176 Å². The van der Waals surface area contributed by atoms with Crippen molar-refractivity contribution in [3.8, 4) is 0 Å². The van der Waals surface area contributed by atoms with Crippen LogP contribution in [0.2, 0.25) is 0 Å². The normalized spacial score (nSPS) is 11.9. The molecule has 0 aliphatic rings. The van der Waals surface area contributed by atoms with Crippen molar-refractivity contribution >= 4 is 17.8 Å². The van der Waals surface area contributed by atoms with E-state index in [4.69, 9.17) is 10.2 Å². The Bertz CT molecular complexity index is 439. The summed E-state index contributed by atoms with van der Waals surface area (Å²) in [4.78, 5) is 32.9. The van der Waals surface area contributed by atoms with Crippen LogP contribution in [0.5, 0.6) is 0 Å². The van der Waals surface area contributed by atoms with Crippen molar-refractivity contribution in [2.45, 2.75) is 116 Å². The van der Waals surface area contributed by atoms with Crippen LogP contribution in [-0.4, -0.2) is 34.6 Å². The van der Waals surface area contributed by atoms with Crippen LogP contribution < -0.4 is 5.32 Å². The van der Waals surface area contributed by atoms with E-state index < -0.39 is 11.9 Å². The maximum absolute atomic E-state index is 11.7. The second-order valence-corrected chi connectivity index (χ2v) is 8.22. The van der Waals surface area contributed by atoms with Crippen molar-refractivity contribution in [3.05, 3.63) is 0 Å². The molecule has 0 aromatic heterocycles. The van der Waals surface area contributed by atoms with E-state index in [1.165, 1.54) is 44.9 Å². The van der Waals surface area contributed by atoms with Gasteiger partial charge in [-0.05, 0) is 25.7 Å². The minimum atomic E-state index is -0.751. The van der Waals surface area contributed by atoms with Crippen molar-refractivity contribution < 1.29 is 24.6 Å². The van der Waals surface area contributed by atoms with Gasteiger partial charge < -0.3 is 15.5 Å². The fraction of sp³-hybridized carbons (Fsp3) is 0.870. The SMILES string of the molecule is C[C@@H](CCCCNC(=O)CCCCCCCCCCCCCCC(=O)O)C(=O)O. The topological polar surface area (TPSA) is 104 Å². The molecule has 3 N–H and O–H groups in total. The number of nitrogens with one attached hydrogen (secondary N) is 1. The van der Waals surface area contributed by atoms with Gasteiger partial charge in [0.1, 0.15) is 0 Å². The van der Waals surface area contributed by atoms with Crippen LogP contribution in [0.25, 0.3) is 0 Å². The summed E-state index contributed by atoms with van der Waals surface area (Å²) in [6.45, 7) is 2.36. The highest BCUT2D eigenvalue weighted by molar-refractivity contribution is 5.75. The highest BCUT2D eigenvalue weighted by Crippen LogP contribution is 2.13. The fourth-order valence-electron chi connectivity index (χ4n) is 3.34. The van der Waals surface area contributed by atoms with Crippen LogP contribution in [0.1, 0.15) is 116 Å². The van der Waals surface area contributed by atoms with E-state index in [0.717, 1.165) is 44.9 Å². The lowest BCUT2D eigenvalue weighted by Crippen LogP contribution is -2.24. The number of hydrogen-bond donors (Lipinski definition) is 3. The largest absolute Gasteiger partial charge is 0.481 e. The Morgan fingerprint density at radius 1 is 0.655 bits per heavy atom. The van der Waals surface area contributed by atoms with E-state index in [1.807, 2.05) is 0 Å². The van der Waals surface area contributed by atoms with Crippen LogP contribution in [-0.2, 0) is 14.4 Å². The molecule has 0 saturated heterocycles. The number of carboxylic acid groups (broad SMARTS) is 2. The number of amides is 1. The maximum Gasteiger partial charge on any atom is 0.306 e. The lowest BCUT2D eigenvalue weighted by molar-refractivity contribution is -0.141. The van der Waals surface area contributed by atoms with E-state index in [-0.39, 0.29) is 11.8 Å². The molecule has 170 valence electrons. The molecule has 0 saturated carbocycles. The van der Waals surface area contributed by atoms with Crippen LogP contribution in [0, 0.1) is 5.92 Å². The monoisotopic (exact) mass is 413 g/mol. The van der Waals surface area contributed by atoms with E-state index in [1.54, 1.807) is 6.92 Å². The third kappa shape index (κ3) is 20.9. The minimum Gasteiger partial charge on any atom is -0.481 e. The van der Waals surface area contributed by atoms with Gasteiger partial charge in [0.2, 0.25) is 5.91 Å². The van der Waals surface area contributed by atoms with Gasteiger partial charge in [0.05, 0.1) is 5.92 Å². The molecular formula is C23H43NO5. The number of unbranched alkanes of at least 4 members (excludes halogenated alkanes) is 12. The first-order valence-corrected chi connectivity index (χ1v) is 11.6. The smallest absolute Gasteiger partial charge is 0.306 e. The third-order valence-corrected chi connectivity index (χ3v) is 5.35. The van der Waals surface area contributed by atoms with Gasteiger partial charge in [0.25, 0.3) is 0 Å². The Morgan fingerprint density at radius 3 is 1.55 bits per heavy atom. The zero-order valence-corrected chi connectivity index (χ0v) is 18.4. The quantitative estimate of drug-likeness (QED) is 0.214. The molecule has 6 nitrogen and oxygen atoms in total. The van der Waals surface area contributed by atoms with Gasteiger partial charge >= 0.3 is 11.9 Å². The average molecular weight is 414 g/mol. The molecule has 0 aliphatic heterocycles. The van der Waals surface area contributed by atoms with Crippen molar-refractivity contribution in [1.29, 1.82) is 0 Å². The second kappa shape index (κ2) is 19.7. The number of carbonyl (C=O) groups excluding carboxylic acids is 1. The summed E-state index contributed by atoms with van der Waals surface area (Å²) in [6.07, 6.45) is 17.0. The molecule has 0 fully saturated rings. The molecule has 0 heterocycles. The van der Waals surface area contributed by atoms with Crippen molar-refractivity contribution in [3.63, 3.8) is 0 Å². The van der Waals surface area contributed by atoms with E-state index in [0.29, 0.717) is 25.8 Å². The summed E-state index contributed by atoms with van der Waals surface area (Å²) in [5, 5.41) is 20.3. The van der Waals surface area contributed by atoms with Gasteiger partial charge in [-0.15, -0.1) is 0 Å². The van der Waals surface area contributed by atoms with E-state index in [9.17, 15) is 14.4 Å². The van der Waals surface area contributed by atoms with Crippen molar-refractivity contribution in [2.75, 3.05) is 6.54 Å². The summed E-state index contributed by atoms with van der Waals surface area (Å²) >= 11 is 0. The van der Waals surface area contributed by atoms with Gasteiger partial charge in [-0.3, -0.25) is 14.4 Å². The predicted octanol–water partition coefficient (Wildman–Crippen LogP) is 5.54. The standard InChI is InChI=1S/C23H43NO5/c1-20(23(28)29)16-14-15-19-24-21(25)17-12-10-8-6-4-2-3-5-7-9-11-13-18-22(26)27/h20H,2-19H2,1H3,(H,24,25)(H,26,27)(H,28,29)/t20-/m0/s1. The number of aliphatic carboxylic acids is 2. The summed E-state index contributed by atoms with van der Waals surface area (Å²) in [5.41, 5.74) is 0. The number of carbonyl (C=O) groups is 3. The summed E-state index contributed by atoms with van der Waals surface area (Å²) in [5.74, 6) is -1.63. The van der Waals surface area contributed by atoms with E-state index in [2.05, 4.69) is 5.32 Å². The highest BCUT2D eigenvalue weighted by atomic mass is 16.4. The first-order chi connectivity index (χ1) is 13.9. The number of carboxylic acids is 2. The first kappa shape index (κ1) is 27.4. The summed E-state index contributed by atoms with van der Waals surface area (Å²) in [6, 6.07) is 0. The molecule has 0 spiro atoms. The average Bonchev–Trinajstić information content (AvgIpc) is 2.67. The van der Waals surface area contributed by atoms with Crippen molar-refractivity contribution in [1.82, 2.24) is 5.32 Å². The third-order valence-electron chi connectivity index (χ3n) is 5.35. The van der Waals surface area contributed by atoms with E-state index >= 15 is 0 Å². The fourth-order valence-corrected chi connectivity index (χ4v) is 3.34. The second-order valence-electron chi connectivity index (χ2n) is 8.22. The molecule has 0 aliphatic carbocycles. The Morgan fingerprint density at radius 2 is 1.10 bits per heavy atom. The first-order valence-electron chi connectivity index (χ1n) is 11.6. The molecule has 0 unspecified atom stereocenters. The van der Waals surface area contributed by atoms with Crippen molar-refractivity contribution in [2.24, 2.45) is 5.92 Å². The van der Waals surface area contributed by atoms with Crippen LogP contribution in [0.3, 0.4) is 0 Å². The molecule has 0 aromatic rings. The molecule has 0 radical (unpaired) electrons. The zero-order valence-electron chi connectivity index (χ0n) is 18.4. The van der Waals surface area contributed by atoms with Gasteiger partial charge in [-0.2, -0.15) is 0 Å². The van der Waals surface area contributed by atoms with Gasteiger partial charge in [0, 0.05) is 19.4 Å². The summed E-state index contributed by atoms with van der Waals surface area (Å²) in [7, 11) is 0. The molecular weight excluding hydrogens is 370 g/mol. The molecule has 1 atom stereocenters. The number of hydrogen-bond acceptors (Lipinski definition) is 3. The maximum atomic E-state index is 11.7.